The highest BCUT2D eigenvalue weighted by molar-refractivity contribution is 6.10. The molecule has 1 aliphatic rings. The Balaban J connectivity index is 0.00000380. The lowest BCUT2D eigenvalue weighted by Gasteiger charge is -2.16. The molecule has 7 nitrogen and oxygen atoms in total. The van der Waals surface area contributed by atoms with Crippen LogP contribution in [0.2, 0.25) is 0 Å². The van der Waals surface area contributed by atoms with E-state index in [9.17, 15) is 22.8 Å². The van der Waals surface area contributed by atoms with Crippen molar-refractivity contribution in [2.24, 2.45) is 5.92 Å². The zero-order valence-corrected chi connectivity index (χ0v) is 21.2. The fourth-order valence-electron chi connectivity index (χ4n) is 4.65. The number of nitrogens with zero attached hydrogens (tertiary/aromatic N) is 1. The van der Waals surface area contributed by atoms with E-state index in [0.717, 1.165) is 37.8 Å². The van der Waals surface area contributed by atoms with Crippen molar-refractivity contribution >= 4 is 40.9 Å². The van der Waals surface area contributed by atoms with Crippen molar-refractivity contribution in [3.05, 3.63) is 58.9 Å². The summed E-state index contributed by atoms with van der Waals surface area (Å²) in [6.45, 7) is 0.712. The van der Waals surface area contributed by atoms with E-state index >= 15 is 0 Å². The Kier molecular flexibility index (Phi) is 9.56. The molecular weight excluding hydrogens is 509 g/mol. The van der Waals surface area contributed by atoms with Crippen LogP contribution in [0.4, 0.5) is 18.9 Å². The molecule has 1 aliphatic carbocycles. The molecule has 1 fully saturated rings. The molecule has 3 N–H and O–H groups in total. The van der Waals surface area contributed by atoms with Crippen molar-refractivity contribution in [3.8, 4) is 0 Å². The summed E-state index contributed by atoms with van der Waals surface area (Å²) in [4.78, 5) is 33.5. The van der Waals surface area contributed by atoms with E-state index in [1.54, 1.807) is 0 Å². The van der Waals surface area contributed by atoms with Gasteiger partial charge in [0.1, 0.15) is 17.9 Å². The lowest BCUT2D eigenvalue weighted by atomic mass is 10.0. The van der Waals surface area contributed by atoms with Gasteiger partial charge in [0.15, 0.2) is 0 Å². The molecule has 2 aromatic carbocycles. The van der Waals surface area contributed by atoms with E-state index in [-0.39, 0.29) is 36.2 Å². The first-order chi connectivity index (χ1) is 17.3. The molecule has 200 valence electrons. The third kappa shape index (κ3) is 7.01. The lowest BCUT2D eigenvalue weighted by molar-refractivity contribution is -0.137. The maximum absolute atomic E-state index is 13.4. The van der Waals surface area contributed by atoms with Crippen LogP contribution >= 0.6 is 12.4 Å². The second kappa shape index (κ2) is 12.4. The monoisotopic (exact) mass is 538 g/mol. The van der Waals surface area contributed by atoms with Crippen molar-refractivity contribution in [2.45, 2.75) is 51.3 Å². The van der Waals surface area contributed by atoms with Gasteiger partial charge in [-0.1, -0.05) is 37.8 Å². The van der Waals surface area contributed by atoms with E-state index in [4.69, 9.17) is 4.74 Å². The normalized spacial score (nSPS) is 14.6. The van der Waals surface area contributed by atoms with Crippen LogP contribution < -0.4 is 10.6 Å². The SMILES string of the molecule is COCc1nc2c(C(=O)NCC3CCCCCC3)cc(NC(=O)c3ccccc3C(F)(F)F)cc2[nH]1.Cl. The Labute approximate surface area is 219 Å². The minimum Gasteiger partial charge on any atom is -0.377 e. The quantitative estimate of drug-likeness (QED) is 0.317. The van der Waals surface area contributed by atoms with Gasteiger partial charge in [0, 0.05) is 19.3 Å². The molecule has 0 saturated heterocycles. The Morgan fingerprint density at radius 2 is 1.76 bits per heavy atom. The van der Waals surface area contributed by atoms with Crippen LogP contribution in [0.25, 0.3) is 11.0 Å². The maximum atomic E-state index is 13.4. The van der Waals surface area contributed by atoms with Gasteiger partial charge in [0.2, 0.25) is 0 Å². The van der Waals surface area contributed by atoms with Crippen LogP contribution in [0.3, 0.4) is 0 Å². The van der Waals surface area contributed by atoms with Gasteiger partial charge in [0.25, 0.3) is 11.8 Å². The molecule has 0 aliphatic heterocycles. The van der Waals surface area contributed by atoms with Crippen LogP contribution in [-0.4, -0.2) is 35.4 Å². The number of alkyl halides is 3. The fourth-order valence-corrected chi connectivity index (χ4v) is 4.65. The first-order valence-corrected chi connectivity index (χ1v) is 12.0. The van der Waals surface area contributed by atoms with E-state index in [1.165, 1.54) is 44.2 Å². The fraction of sp³-hybridized carbons (Fsp3) is 0.423. The Bertz CT molecular complexity index is 1240. The number of hydrogen-bond acceptors (Lipinski definition) is 4. The standard InChI is InChI=1S/C26H29F3N4O3.ClH/c1-36-15-22-32-21-13-17(31-25(35)18-10-6-7-11-20(18)26(27,28)29)12-19(23(21)33-22)24(34)30-14-16-8-4-2-3-5-9-16;/h6-7,10-13,16H,2-5,8-9,14-15H2,1H3,(H,30,34)(H,31,35)(H,32,33);1H. The van der Waals surface area contributed by atoms with Gasteiger partial charge in [-0.15, -0.1) is 12.4 Å². The first kappa shape index (κ1) is 28.5. The average Bonchev–Trinajstić information content (AvgIpc) is 3.06. The minimum atomic E-state index is -4.68. The first-order valence-electron chi connectivity index (χ1n) is 12.0. The van der Waals surface area contributed by atoms with Gasteiger partial charge >= 0.3 is 6.18 Å². The number of benzene rings is 2. The number of halogens is 4. The van der Waals surface area contributed by atoms with E-state index < -0.39 is 23.2 Å². The van der Waals surface area contributed by atoms with Gasteiger partial charge in [-0.2, -0.15) is 13.2 Å². The van der Waals surface area contributed by atoms with Crippen molar-refractivity contribution in [1.29, 1.82) is 0 Å². The summed E-state index contributed by atoms with van der Waals surface area (Å²) in [5.74, 6) is -0.400. The van der Waals surface area contributed by atoms with E-state index in [1.807, 2.05) is 0 Å². The predicted molar refractivity (Wildman–Crippen MR) is 137 cm³/mol. The number of rotatable bonds is 7. The number of hydrogen-bond donors (Lipinski definition) is 3. The highest BCUT2D eigenvalue weighted by Gasteiger charge is 2.35. The van der Waals surface area contributed by atoms with Crippen molar-refractivity contribution in [2.75, 3.05) is 19.0 Å². The number of fused-ring (bicyclic) bond motifs is 1. The smallest absolute Gasteiger partial charge is 0.377 e. The number of amides is 2. The molecule has 3 aromatic rings. The predicted octanol–water partition coefficient (Wildman–Crippen LogP) is 6.10. The number of H-pyrrole nitrogens is 1. The number of imidazole rings is 1. The van der Waals surface area contributed by atoms with Gasteiger partial charge in [-0.3, -0.25) is 9.59 Å². The topological polar surface area (TPSA) is 96.1 Å². The number of aromatic nitrogens is 2. The van der Waals surface area contributed by atoms with Crippen LogP contribution in [0.1, 0.15) is 70.6 Å². The molecule has 2 amide bonds. The summed E-state index contributed by atoms with van der Waals surface area (Å²) in [6.07, 6.45) is 2.14. The number of anilines is 1. The molecule has 11 heteroatoms. The number of methoxy groups -OCH3 is 1. The molecule has 1 aromatic heterocycles. The molecule has 0 radical (unpaired) electrons. The van der Waals surface area contributed by atoms with Crippen molar-refractivity contribution in [3.63, 3.8) is 0 Å². The third-order valence-corrected chi connectivity index (χ3v) is 6.42. The van der Waals surface area contributed by atoms with Crippen LogP contribution in [0.5, 0.6) is 0 Å². The highest BCUT2D eigenvalue weighted by Crippen LogP contribution is 2.32. The van der Waals surface area contributed by atoms with E-state index in [2.05, 4.69) is 20.6 Å². The van der Waals surface area contributed by atoms with Crippen molar-refractivity contribution in [1.82, 2.24) is 15.3 Å². The maximum Gasteiger partial charge on any atom is 0.417 e. The van der Waals surface area contributed by atoms with Gasteiger partial charge in [-0.25, -0.2) is 4.98 Å². The molecule has 1 heterocycles. The molecule has 37 heavy (non-hydrogen) atoms. The molecule has 0 bridgehead atoms. The number of aromatic amines is 1. The largest absolute Gasteiger partial charge is 0.417 e. The van der Waals surface area contributed by atoms with E-state index in [0.29, 0.717) is 29.3 Å². The molecule has 4 rings (SSSR count). The molecule has 0 atom stereocenters. The van der Waals surface area contributed by atoms with Crippen LogP contribution in [0, 0.1) is 5.92 Å². The molecule has 0 spiro atoms. The van der Waals surface area contributed by atoms with Crippen molar-refractivity contribution < 1.29 is 27.5 Å². The summed E-state index contributed by atoms with van der Waals surface area (Å²) in [6, 6.07) is 7.55. The Hall–Kier alpha value is -3.11. The molecular formula is C26H30ClF3N4O3. The minimum absolute atomic E-state index is 0. The Morgan fingerprint density at radius 3 is 2.43 bits per heavy atom. The number of carbonyl (C=O) groups excluding carboxylic acids is 2. The lowest BCUT2D eigenvalue weighted by Crippen LogP contribution is -2.29. The van der Waals surface area contributed by atoms with Crippen LogP contribution in [0.15, 0.2) is 36.4 Å². The highest BCUT2D eigenvalue weighted by atomic mass is 35.5. The van der Waals surface area contributed by atoms with Gasteiger partial charge < -0.3 is 20.4 Å². The summed E-state index contributed by atoms with van der Waals surface area (Å²) >= 11 is 0. The zero-order chi connectivity index (χ0) is 25.7. The zero-order valence-electron chi connectivity index (χ0n) is 20.4. The average molecular weight is 539 g/mol. The summed E-state index contributed by atoms with van der Waals surface area (Å²) in [5, 5.41) is 5.50. The summed E-state index contributed by atoms with van der Waals surface area (Å²) in [7, 11) is 1.51. The summed E-state index contributed by atoms with van der Waals surface area (Å²) in [5.41, 5.74) is -0.281. The Morgan fingerprint density at radius 1 is 1.05 bits per heavy atom. The number of nitrogens with one attached hydrogen (secondary N) is 3. The number of carbonyl (C=O) groups is 2. The third-order valence-electron chi connectivity index (χ3n) is 6.42. The van der Waals surface area contributed by atoms with Gasteiger partial charge in [-0.05, 0) is 43.0 Å². The summed E-state index contributed by atoms with van der Waals surface area (Å²) < 4.78 is 45.3. The van der Waals surface area contributed by atoms with Gasteiger partial charge in [0.05, 0.1) is 22.2 Å². The second-order valence-electron chi connectivity index (χ2n) is 9.10. The number of ether oxygens (including phenoxy) is 1. The van der Waals surface area contributed by atoms with Crippen LogP contribution in [-0.2, 0) is 17.5 Å². The molecule has 0 unspecified atom stereocenters. The molecule has 1 saturated carbocycles. The second-order valence-corrected chi connectivity index (χ2v) is 9.10.